The van der Waals surface area contributed by atoms with Crippen molar-refractivity contribution >= 4 is 0 Å². The summed E-state index contributed by atoms with van der Waals surface area (Å²) in [4.78, 5) is 0. The first-order chi connectivity index (χ1) is 8.97. The summed E-state index contributed by atoms with van der Waals surface area (Å²) >= 11 is 0. The second-order valence-corrected chi connectivity index (χ2v) is 6.59. The molecule has 1 saturated heterocycles. The second kappa shape index (κ2) is 5.80. The Balaban J connectivity index is 2.17. The van der Waals surface area contributed by atoms with Crippen molar-refractivity contribution in [2.24, 2.45) is 5.41 Å². The Labute approximate surface area is 117 Å². The van der Waals surface area contributed by atoms with Crippen molar-refractivity contribution in [1.29, 1.82) is 0 Å². The Morgan fingerprint density at radius 3 is 2.63 bits per heavy atom. The molecule has 1 heterocycles. The van der Waals surface area contributed by atoms with Crippen LogP contribution in [0.1, 0.15) is 59.8 Å². The van der Waals surface area contributed by atoms with Gasteiger partial charge in [-0.2, -0.15) is 0 Å². The Kier molecular flexibility index (Phi) is 4.52. The zero-order chi connectivity index (χ0) is 13.9. The minimum Gasteiger partial charge on any atom is -0.347 e. The van der Waals surface area contributed by atoms with Gasteiger partial charge in [0, 0.05) is 11.8 Å². The standard InChI is InChI=1S/C17H28O2/c1-14(2)6-5-9-16(4)10-7-15(3)8-11-17(16)18-12-13-19-17/h6-7H,5,8-13H2,1-4H3. The Hall–Kier alpha value is -0.600. The van der Waals surface area contributed by atoms with E-state index in [2.05, 4.69) is 39.8 Å². The number of allylic oxidation sites excluding steroid dienone is 4. The number of rotatable bonds is 3. The maximum Gasteiger partial charge on any atom is 0.174 e. The van der Waals surface area contributed by atoms with Gasteiger partial charge in [0.05, 0.1) is 13.2 Å². The Morgan fingerprint density at radius 1 is 1.32 bits per heavy atom. The van der Waals surface area contributed by atoms with E-state index in [0.29, 0.717) is 0 Å². The van der Waals surface area contributed by atoms with Crippen LogP contribution in [0.5, 0.6) is 0 Å². The average molecular weight is 264 g/mol. The third kappa shape index (κ3) is 3.11. The first-order valence-corrected chi connectivity index (χ1v) is 7.54. The first kappa shape index (κ1) is 14.8. The predicted octanol–water partition coefficient (Wildman–Crippen LogP) is 4.61. The molecule has 0 aromatic rings. The van der Waals surface area contributed by atoms with Crippen molar-refractivity contribution in [3.63, 3.8) is 0 Å². The van der Waals surface area contributed by atoms with E-state index >= 15 is 0 Å². The van der Waals surface area contributed by atoms with Crippen LogP contribution < -0.4 is 0 Å². The molecule has 19 heavy (non-hydrogen) atoms. The summed E-state index contributed by atoms with van der Waals surface area (Å²) < 4.78 is 12.2. The van der Waals surface area contributed by atoms with Crippen LogP contribution in [0.2, 0.25) is 0 Å². The molecule has 1 fully saturated rings. The van der Waals surface area contributed by atoms with Crippen LogP contribution in [-0.2, 0) is 9.47 Å². The van der Waals surface area contributed by atoms with Gasteiger partial charge in [0.2, 0.25) is 0 Å². The van der Waals surface area contributed by atoms with Gasteiger partial charge < -0.3 is 9.47 Å². The summed E-state index contributed by atoms with van der Waals surface area (Å²) in [5, 5.41) is 0. The summed E-state index contributed by atoms with van der Waals surface area (Å²) in [6.07, 6.45) is 10.1. The van der Waals surface area contributed by atoms with Gasteiger partial charge in [-0.1, -0.05) is 30.2 Å². The van der Waals surface area contributed by atoms with Gasteiger partial charge >= 0.3 is 0 Å². The number of hydrogen-bond donors (Lipinski definition) is 0. The molecule has 0 aromatic heterocycles. The molecule has 1 atom stereocenters. The van der Waals surface area contributed by atoms with Crippen LogP contribution in [0.25, 0.3) is 0 Å². The lowest BCUT2D eigenvalue weighted by molar-refractivity contribution is -0.236. The lowest BCUT2D eigenvalue weighted by Crippen LogP contribution is -2.47. The predicted molar refractivity (Wildman–Crippen MR) is 79.0 cm³/mol. The van der Waals surface area contributed by atoms with Crippen molar-refractivity contribution in [1.82, 2.24) is 0 Å². The quantitative estimate of drug-likeness (QED) is 0.693. The zero-order valence-corrected chi connectivity index (χ0v) is 12.9. The van der Waals surface area contributed by atoms with E-state index in [4.69, 9.17) is 9.47 Å². The molecule has 0 aromatic carbocycles. The molecule has 2 aliphatic rings. The van der Waals surface area contributed by atoms with Gasteiger partial charge in [-0.25, -0.2) is 0 Å². The van der Waals surface area contributed by atoms with Gasteiger partial charge in [-0.05, 0) is 46.5 Å². The normalized spacial score (nSPS) is 30.0. The molecule has 1 spiro atoms. The molecule has 1 unspecified atom stereocenters. The molecule has 0 saturated carbocycles. The Morgan fingerprint density at radius 2 is 2.00 bits per heavy atom. The molecule has 2 rings (SSSR count). The smallest absolute Gasteiger partial charge is 0.174 e. The molecule has 2 heteroatoms. The van der Waals surface area contributed by atoms with Crippen LogP contribution in [0.15, 0.2) is 23.3 Å². The van der Waals surface area contributed by atoms with Gasteiger partial charge in [-0.3, -0.25) is 0 Å². The van der Waals surface area contributed by atoms with E-state index in [-0.39, 0.29) is 11.2 Å². The van der Waals surface area contributed by atoms with E-state index < -0.39 is 0 Å². The van der Waals surface area contributed by atoms with Gasteiger partial charge in [0.1, 0.15) is 0 Å². The summed E-state index contributed by atoms with van der Waals surface area (Å²) in [5.74, 6) is -0.350. The van der Waals surface area contributed by atoms with E-state index in [9.17, 15) is 0 Å². The number of ether oxygens (including phenoxy) is 2. The third-order valence-corrected chi connectivity index (χ3v) is 4.67. The average Bonchev–Trinajstić information content (AvgIpc) is 2.79. The van der Waals surface area contributed by atoms with Crippen LogP contribution in [-0.4, -0.2) is 19.0 Å². The van der Waals surface area contributed by atoms with E-state index in [1.165, 1.54) is 11.1 Å². The zero-order valence-electron chi connectivity index (χ0n) is 12.9. The molecule has 108 valence electrons. The van der Waals surface area contributed by atoms with Crippen LogP contribution in [0, 0.1) is 5.41 Å². The molecular weight excluding hydrogens is 236 g/mol. The highest BCUT2D eigenvalue weighted by atomic mass is 16.7. The summed E-state index contributed by atoms with van der Waals surface area (Å²) in [7, 11) is 0. The van der Waals surface area contributed by atoms with E-state index in [0.717, 1.165) is 45.3 Å². The fourth-order valence-electron chi connectivity index (χ4n) is 3.24. The minimum atomic E-state index is -0.350. The maximum absolute atomic E-state index is 6.11. The van der Waals surface area contributed by atoms with Gasteiger partial charge in [-0.15, -0.1) is 0 Å². The molecule has 1 aliphatic heterocycles. The maximum atomic E-state index is 6.11. The summed E-state index contributed by atoms with van der Waals surface area (Å²) in [5.41, 5.74) is 2.96. The lowest BCUT2D eigenvalue weighted by atomic mass is 9.73. The molecule has 1 aliphatic carbocycles. The van der Waals surface area contributed by atoms with Gasteiger partial charge in [0.15, 0.2) is 5.79 Å². The molecule has 0 amide bonds. The van der Waals surface area contributed by atoms with Crippen LogP contribution in [0.4, 0.5) is 0 Å². The minimum absolute atomic E-state index is 0.0905. The van der Waals surface area contributed by atoms with Crippen molar-refractivity contribution in [2.75, 3.05) is 13.2 Å². The van der Waals surface area contributed by atoms with Crippen molar-refractivity contribution in [2.45, 2.75) is 65.6 Å². The van der Waals surface area contributed by atoms with E-state index in [1.54, 1.807) is 0 Å². The van der Waals surface area contributed by atoms with Crippen molar-refractivity contribution in [3.8, 4) is 0 Å². The largest absolute Gasteiger partial charge is 0.347 e. The number of hydrogen-bond acceptors (Lipinski definition) is 2. The SMILES string of the molecule is CC(C)=CCCC1(C)CC=C(C)CCC12OCCO2. The highest BCUT2D eigenvalue weighted by molar-refractivity contribution is 5.10. The summed E-state index contributed by atoms with van der Waals surface area (Å²) in [6.45, 7) is 10.4. The van der Waals surface area contributed by atoms with Gasteiger partial charge in [0.25, 0.3) is 0 Å². The van der Waals surface area contributed by atoms with Crippen LogP contribution in [0.3, 0.4) is 0 Å². The van der Waals surface area contributed by atoms with Crippen molar-refractivity contribution in [3.05, 3.63) is 23.3 Å². The first-order valence-electron chi connectivity index (χ1n) is 7.54. The molecule has 0 radical (unpaired) electrons. The monoisotopic (exact) mass is 264 g/mol. The fourth-order valence-corrected chi connectivity index (χ4v) is 3.24. The molecule has 2 nitrogen and oxygen atoms in total. The molecule has 0 bridgehead atoms. The van der Waals surface area contributed by atoms with Crippen molar-refractivity contribution < 1.29 is 9.47 Å². The lowest BCUT2D eigenvalue weighted by Gasteiger charge is -2.43. The van der Waals surface area contributed by atoms with E-state index in [1.807, 2.05) is 0 Å². The summed E-state index contributed by atoms with van der Waals surface area (Å²) in [6, 6.07) is 0. The highest BCUT2D eigenvalue weighted by Gasteiger charge is 2.52. The fraction of sp³-hybridized carbons (Fsp3) is 0.765. The molecule has 0 N–H and O–H groups in total. The Bertz CT molecular complexity index is 371. The third-order valence-electron chi connectivity index (χ3n) is 4.67. The van der Waals surface area contributed by atoms with Crippen LogP contribution >= 0.6 is 0 Å². The molecular formula is C17H28O2. The second-order valence-electron chi connectivity index (χ2n) is 6.59. The highest BCUT2D eigenvalue weighted by Crippen LogP contribution is 2.50. The topological polar surface area (TPSA) is 18.5 Å².